The van der Waals surface area contributed by atoms with E-state index in [1.807, 2.05) is 24.1 Å². The van der Waals surface area contributed by atoms with E-state index >= 15 is 0 Å². The molecule has 1 N–H and O–H groups in total. The first kappa shape index (κ1) is 19.4. The SMILES string of the molecule is COc1ccc(NC(=O)CN(C)Cc2cccc(Cl)c2Cl)cc1OC. The second kappa shape index (κ2) is 8.94. The molecule has 0 spiro atoms. The van der Waals surface area contributed by atoms with E-state index < -0.39 is 0 Å². The number of hydrogen-bond acceptors (Lipinski definition) is 4. The Bertz CT molecular complexity index is 753. The van der Waals surface area contributed by atoms with E-state index in [-0.39, 0.29) is 12.5 Å². The molecule has 0 atom stereocenters. The van der Waals surface area contributed by atoms with Crippen LogP contribution in [0.3, 0.4) is 0 Å². The molecule has 5 nitrogen and oxygen atoms in total. The van der Waals surface area contributed by atoms with Crippen molar-refractivity contribution in [3.8, 4) is 11.5 Å². The summed E-state index contributed by atoms with van der Waals surface area (Å²) in [4.78, 5) is 14.1. The van der Waals surface area contributed by atoms with E-state index in [1.165, 1.54) is 0 Å². The molecule has 1 amide bonds. The predicted molar refractivity (Wildman–Crippen MR) is 101 cm³/mol. The van der Waals surface area contributed by atoms with E-state index in [0.717, 1.165) is 5.56 Å². The van der Waals surface area contributed by atoms with Crippen LogP contribution in [0.5, 0.6) is 11.5 Å². The summed E-state index contributed by atoms with van der Waals surface area (Å²) in [5.41, 5.74) is 1.51. The molecule has 0 aliphatic heterocycles. The molecule has 0 radical (unpaired) electrons. The van der Waals surface area contributed by atoms with Crippen LogP contribution in [-0.2, 0) is 11.3 Å². The van der Waals surface area contributed by atoms with Crippen molar-refractivity contribution in [1.82, 2.24) is 4.90 Å². The van der Waals surface area contributed by atoms with Gasteiger partial charge in [0.25, 0.3) is 0 Å². The lowest BCUT2D eigenvalue weighted by Gasteiger charge is -2.18. The number of halogens is 2. The minimum absolute atomic E-state index is 0.145. The Morgan fingerprint density at radius 1 is 1.12 bits per heavy atom. The van der Waals surface area contributed by atoms with Gasteiger partial charge in [-0.1, -0.05) is 35.3 Å². The van der Waals surface area contributed by atoms with E-state index in [1.54, 1.807) is 38.5 Å². The third-order valence-corrected chi connectivity index (χ3v) is 4.41. The van der Waals surface area contributed by atoms with Crippen molar-refractivity contribution in [3.05, 3.63) is 52.0 Å². The first-order valence-corrected chi connectivity index (χ1v) is 8.33. The van der Waals surface area contributed by atoms with Crippen molar-refractivity contribution in [2.75, 3.05) is 33.1 Å². The highest BCUT2D eigenvalue weighted by Gasteiger charge is 2.12. The lowest BCUT2D eigenvalue weighted by molar-refractivity contribution is -0.117. The molecule has 7 heteroatoms. The number of rotatable bonds is 7. The van der Waals surface area contributed by atoms with Crippen molar-refractivity contribution >= 4 is 34.8 Å². The quantitative estimate of drug-likeness (QED) is 0.783. The maximum atomic E-state index is 12.2. The zero-order valence-electron chi connectivity index (χ0n) is 14.3. The number of carbonyl (C=O) groups is 1. The van der Waals surface area contributed by atoms with Crippen LogP contribution in [0.4, 0.5) is 5.69 Å². The second-order valence-electron chi connectivity index (χ2n) is 5.50. The summed E-state index contributed by atoms with van der Waals surface area (Å²) in [6.07, 6.45) is 0. The lowest BCUT2D eigenvalue weighted by Crippen LogP contribution is -2.29. The van der Waals surface area contributed by atoms with E-state index in [9.17, 15) is 4.79 Å². The van der Waals surface area contributed by atoms with Gasteiger partial charge in [0, 0.05) is 18.3 Å². The van der Waals surface area contributed by atoms with Gasteiger partial charge in [0.1, 0.15) is 0 Å². The molecular weight excluding hydrogens is 363 g/mol. The number of ether oxygens (including phenoxy) is 2. The third-order valence-electron chi connectivity index (χ3n) is 3.55. The van der Waals surface area contributed by atoms with Crippen molar-refractivity contribution in [3.63, 3.8) is 0 Å². The van der Waals surface area contributed by atoms with Gasteiger partial charge in [0.2, 0.25) is 5.91 Å². The van der Waals surface area contributed by atoms with Gasteiger partial charge in [-0.05, 0) is 30.8 Å². The van der Waals surface area contributed by atoms with Gasteiger partial charge in [-0.15, -0.1) is 0 Å². The average molecular weight is 383 g/mol. The number of benzene rings is 2. The fourth-order valence-corrected chi connectivity index (χ4v) is 2.76. The van der Waals surface area contributed by atoms with Gasteiger partial charge in [-0.25, -0.2) is 0 Å². The summed E-state index contributed by atoms with van der Waals surface area (Å²) < 4.78 is 10.4. The minimum Gasteiger partial charge on any atom is -0.493 e. The van der Waals surface area contributed by atoms with E-state index in [0.29, 0.717) is 33.8 Å². The second-order valence-corrected chi connectivity index (χ2v) is 6.29. The topological polar surface area (TPSA) is 50.8 Å². The van der Waals surface area contributed by atoms with Crippen LogP contribution < -0.4 is 14.8 Å². The maximum Gasteiger partial charge on any atom is 0.238 e. The van der Waals surface area contributed by atoms with Gasteiger partial charge in [-0.2, -0.15) is 0 Å². The molecule has 0 aliphatic carbocycles. The number of hydrogen-bond donors (Lipinski definition) is 1. The van der Waals surface area contributed by atoms with Crippen LogP contribution >= 0.6 is 23.2 Å². The standard InChI is InChI=1S/C18H20Cl2N2O3/c1-22(10-12-5-4-6-14(19)18(12)20)11-17(23)21-13-7-8-15(24-2)16(9-13)25-3/h4-9H,10-11H2,1-3H3,(H,21,23). The fraction of sp³-hybridized carbons (Fsp3) is 0.278. The molecule has 2 rings (SSSR count). The van der Waals surface area contributed by atoms with Crippen molar-refractivity contribution in [2.24, 2.45) is 0 Å². The molecule has 134 valence electrons. The van der Waals surface area contributed by atoms with E-state index in [4.69, 9.17) is 32.7 Å². The van der Waals surface area contributed by atoms with Crippen LogP contribution in [-0.4, -0.2) is 38.6 Å². The Hall–Kier alpha value is -1.95. The van der Waals surface area contributed by atoms with Gasteiger partial charge < -0.3 is 14.8 Å². The molecule has 0 saturated heterocycles. The molecule has 0 aromatic heterocycles. The maximum absolute atomic E-state index is 12.2. The van der Waals surface area contributed by atoms with Gasteiger partial charge >= 0.3 is 0 Å². The Kier molecular flexibility index (Phi) is 6.93. The number of nitrogens with zero attached hydrogens (tertiary/aromatic N) is 1. The van der Waals surface area contributed by atoms with Gasteiger partial charge in [-0.3, -0.25) is 9.69 Å². The summed E-state index contributed by atoms with van der Waals surface area (Å²) in [5.74, 6) is 1.01. The summed E-state index contributed by atoms with van der Waals surface area (Å²) in [6.45, 7) is 0.718. The monoisotopic (exact) mass is 382 g/mol. The number of methoxy groups -OCH3 is 2. The smallest absolute Gasteiger partial charge is 0.238 e. The molecule has 0 unspecified atom stereocenters. The summed E-state index contributed by atoms with van der Waals surface area (Å²) in [6, 6.07) is 10.7. The normalized spacial score (nSPS) is 10.6. The number of nitrogens with one attached hydrogen (secondary N) is 1. The fourth-order valence-electron chi connectivity index (χ4n) is 2.38. The molecule has 0 fully saturated rings. The summed E-state index contributed by atoms with van der Waals surface area (Å²) >= 11 is 12.2. The average Bonchev–Trinajstić information content (AvgIpc) is 2.58. The predicted octanol–water partition coefficient (Wildman–Crippen LogP) is 4.08. The zero-order chi connectivity index (χ0) is 18.4. The van der Waals surface area contributed by atoms with Gasteiger partial charge in [0.05, 0.1) is 30.8 Å². The minimum atomic E-state index is -0.145. The highest BCUT2D eigenvalue weighted by atomic mass is 35.5. The van der Waals surface area contributed by atoms with Crippen LogP contribution in [0.1, 0.15) is 5.56 Å². The molecule has 0 saturated carbocycles. The largest absolute Gasteiger partial charge is 0.493 e. The van der Waals surface area contributed by atoms with Gasteiger partial charge in [0.15, 0.2) is 11.5 Å². The highest BCUT2D eigenvalue weighted by molar-refractivity contribution is 6.42. The Labute approximate surface area is 157 Å². The molecule has 0 bridgehead atoms. The summed E-state index contributed by atoms with van der Waals surface area (Å²) in [5, 5.41) is 3.85. The third kappa shape index (κ3) is 5.26. The number of likely N-dealkylation sites (N-methyl/N-ethyl adjacent to an activating group) is 1. The van der Waals surface area contributed by atoms with Crippen molar-refractivity contribution < 1.29 is 14.3 Å². The van der Waals surface area contributed by atoms with E-state index in [2.05, 4.69) is 5.32 Å². The van der Waals surface area contributed by atoms with Crippen LogP contribution in [0.25, 0.3) is 0 Å². The molecule has 0 aliphatic rings. The van der Waals surface area contributed by atoms with Crippen LogP contribution in [0.2, 0.25) is 10.0 Å². The van der Waals surface area contributed by atoms with Crippen molar-refractivity contribution in [1.29, 1.82) is 0 Å². The molecule has 0 heterocycles. The van der Waals surface area contributed by atoms with Crippen LogP contribution in [0.15, 0.2) is 36.4 Å². The zero-order valence-corrected chi connectivity index (χ0v) is 15.8. The molecular formula is C18H20Cl2N2O3. The molecule has 2 aromatic carbocycles. The number of anilines is 1. The molecule has 2 aromatic rings. The Morgan fingerprint density at radius 3 is 2.52 bits per heavy atom. The Morgan fingerprint density at radius 2 is 1.84 bits per heavy atom. The number of carbonyl (C=O) groups excluding carboxylic acids is 1. The first-order valence-electron chi connectivity index (χ1n) is 7.58. The highest BCUT2D eigenvalue weighted by Crippen LogP contribution is 2.30. The first-order chi connectivity index (χ1) is 11.9. The van der Waals surface area contributed by atoms with Crippen LogP contribution in [0, 0.1) is 0 Å². The summed E-state index contributed by atoms with van der Waals surface area (Å²) in [7, 11) is 4.95. The Balaban J connectivity index is 1.96. The lowest BCUT2D eigenvalue weighted by atomic mass is 10.2. The molecule has 25 heavy (non-hydrogen) atoms. The van der Waals surface area contributed by atoms with Crippen molar-refractivity contribution in [2.45, 2.75) is 6.54 Å². The number of amides is 1.